The van der Waals surface area contributed by atoms with Crippen LogP contribution in [0.1, 0.15) is 11.1 Å². The molecule has 2 rings (SSSR count). The number of nitrogens with one attached hydrogen (secondary N) is 1. The molecule has 0 bridgehead atoms. The lowest BCUT2D eigenvalue weighted by molar-refractivity contribution is -0.385. The van der Waals surface area contributed by atoms with Crippen molar-refractivity contribution in [2.24, 2.45) is 0 Å². The molecule has 2 aromatic rings. The zero-order valence-corrected chi connectivity index (χ0v) is 12.6. The predicted octanol–water partition coefficient (Wildman–Crippen LogP) is 3.67. The number of halogens is 1. The molecule has 0 unspecified atom stereocenters. The molecule has 0 radical (unpaired) electrons. The van der Waals surface area contributed by atoms with Gasteiger partial charge in [-0.25, -0.2) is 9.18 Å². The van der Waals surface area contributed by atoms with Gasteiger partial charge in [-0.05, 0) is 17.7 Å². The molecule has 0 aliphatic rings. The fourth-order valence-electron chi connectivity index (χ4n) is 1.93. The van der Waals surface area contributed by atoms with Crippen LogP contribution in [0.5, 0.6) is 0 Å². The van der Waals surface area contributed by atoms with Gasteiger partial charge in [0.15, 0.2) is 0 Å². The van der Waals surface area contributed by atoms with Gasteiger partial charge in [-0.2, -0.15) is 0 Å². The first kappa shape index (κ1) is 17.1. The highest BCUT2D eigenvalue weighted by Crippen LogP contribution is 2.20. The third kappa shape index (κ3) is 5.20. The lowest BCUT2D eigenvalue weighted by Gasteiger charge is -2.05. The van der Waals surface area contributed by atoms with E-state index >= 15 is 0 Å². The van der Waals surface area contributed by atoms with Crippen molar-refractivity contribution in [3.63, 3.8) is 0 Å². The van der Waals surface area contributed by atoms with Gasteiger partial charge in [-0.15, -0.1) is 0 Å². The van der Waals surface area contributed by atoms with E-state index in [9.17, 15) is 19.3 Å². The molecule has 0 aliphatic carbocycles. The molecule has 0 spiro atoms. The summed E-state index contributed by atoms with van der Waals surface area (Å²) in [4.78, 5) is 21.8. The van der Waals surface area contributed by atoms with E-state index in [4.69, 9.17) is 4.74 Å². The topological polar surface area (TPSA) is 81.5 Å². The number of benzene rings is 2. The van der Waals surface area contributed by atoms with E-state index in [-0.39, 0.29) is 24.4 Å². The Morgan fingerprint density at radius 3 is 2.71 bits per heavy atom. The summed E-state index contributed by atoms with van der Waals surface area (Å²) in [6.45, 7) is 0.243. The zero-order chi connectivity index (χ0) is 17.4. The average molecular weight is 330 g/mol. The lowest BCUT2D eigenvalue weighted by atomic mass is 10.1. The van der Waals surface area contributed by atoms with Crippen LogP contribution in [0, 0.1) is 15.9 Å². The van der Waals surface area contributed by atoms with Crippen LogP contribution in [0.4, 0.5) is 14.9 Å². The fourth-order valence-corrected chi connectivity index (χ4v) is 1.93. The number of nitrogens with zero attached hydrogens (tertiary/aromatic N) is 1. The monoisotopic (exact) mass is 330 g/mol. The number of carbonyl (C=O) groups excluding carboxylic acids is 1. The van der Waals surface area contributed by atoms with Crippen LogP contribution in [0.3, 0.4) is 0 Å². The van der Waals surface area contributed by atoms with Crippen molar-refractivity contribution in [2.45, 2.75) is 6.61 Å². The minimum absolute atomic E-state index is 0.0985. The second-order valence-corrected chi connectivity index (χ2v) is 4.81. The van der Waals surface area contributed by atoms with E-state index < -0.39 is 16.8 Å². The van der Waals surface area contributed by atoms with E-state index in [0.29, 0.717) is 0 Å². The first-order chi connectivity index (χ1) is 11.6. The molecule has 1 N–H and O–H groups in total. The van der Waals surface area contributed by atoms with Crippen molar-refractivity contribution in [3.8, 4) is 0 Å². The van der Waals surface area contributed by atoms with E-state index in [1.165, 1.54) is 12.2 Å². The highest BCUT2D eigenvalue weighted by atomic mass is 19.1. The van der Waals surface area contributed by atoms with Gasteiger partial charge >= 0.3 is 6.09 Å². The number of amides is 1. The minimum atomic E-state index is -0.614. The Hall–Kier alpha value is -3.22. The van der Waals surface area contributed by atoms with Crippen LogP contribution >= 0.6 is 0 Å². The zero-order valence-electron chi connectivity index (χ0n) is 12.6. The number of carbonyl (C=O) groups is 1. The van der Waals surface area contributed by atoms with Gasteiger partial charge in [-0.3, -0.25) is 10.1 Å². The van der Waals surface area contributed by atoms with Crippen LogP contribution in [0.2, 0.25) is 0 Å². The number of rotatable bonds is 6. The van der Waals surface area contributed by atoms with Gasteiger partial charge in [0.25, 0.3) is 5.69 Å². The lowest BCUT2D eigenvalue weighted by Crippen LogP contribution is -2.24. The molecule has 0 aromatic heterocycles. The first-order valence-corrected chi connectivity index (χ1v) is 7.11. The van der Waals surface area contributed by atoms with E-state index in [2.05, 4.69) is 5.32 Å². The Labute approximate surface area is 137 Å². The number of hydrogen-bond donors (Lipinski definition) is 1. The van der Waals surface area contributed by atoms with Crippen LogP contribution in [-0.4, -0.2) is 17.6 Å². The molecule has 24 heavy (non-hydrogen) atoms. The number of hydrogen-bond acceptors (Lipinski definition) is 4. The van der Waals surface area contributed by atoms with Crippen LogP contribution in [-0.2, 0) is 11.3 Å². The number of nitro benzene ring substituents is 1. The molecule has 0 heterocycles. The summed E-state index contributed by atoms with van der Waals surface area (Å²) < 4.78 is 18.2. The largest absolute Gasteiger partial charge is 0.445 e. The molecular formula is C17H15FN2O4. The average Bonchev–Trinajstić information content (AvgIpc) is 2.57. The Morgan fingerprint density at radius 2 is 2.00 bits per heavy atom. The highest BCUT2D eigenvalue weighted by Gasteiger charge is 2.11. The molecule has 1 amide bonds. The summed E-state index contributed by atoms with van der Waals surface area (Å²) in [5.74, 6) is -0.574. The summed E-state index contributed by atoms with van der Waals surface area (Å²) in [5, 5.41) is 13.3. The van der Waals surface area contributed by atoms with Crippen molar-refractivity contribution >= 4 is 17.9 Å². The molecule has 0 fully saturated rings. The van der Waals surface area contributed by atoms with Gasteiger partial charge in [0.2, 0.25) is 0 Å². The Morgan fingerprint density at radius 1 is 1.25 bits per heavy atom. The van der Waals surface area contributed by atoms with Crippen LogP contribution in [0.25, 0.3) is 6.08 Å². The predicted molar refractivity (Wildman–Crippen MR) is 86.7 cm³/mol. The summed E-state index contributed by atoms with van der Waals surface area (Å²) in [6.07, 6.45) is 2.24. The summed E-state index contributed by atoms with van der Waals surface area (Å²) >= 11 is 0. The third-order valence-corrected chi connectivity index (χ3v) is 3.06. The minimum Gasteiger partial charge on any atom is -0.445 e. The Bertz CT molecular complexity index is 748. The van der Waals surface area contributed by atoms with Crippen molar-refractivity contribution in [2.75, 3.05) is 6.54 Å². The maximum atomic E-state index is 13.2. The number of ether oxygens (including phenoxy) is 1. The number of nitro groups is 1. The van der Waals surface area contributed by atoms with Crippen molar-refractivity contribution in [1.82, 2.24) is 5.32 Å². The molecule has 124 valence electrons. The van der Waals surface area contributed by atoms with E-state index in [1.807, 2.05) is 30.3 Å². The molecule has 0 atom stereocenters. The maximum Gasteiger partial charge on any atom is 0.407 e. The normalized spacial score (nSPS) is 10.5. The summed E-state index contributed by atoms with van der Waals surface area (Å²) in [7, 11) is 0. The Balaban J connectivity index is 1.83. The van der Waals surface area contributed by atoms with Crippen molar-refractivity contribution < 1.29 is 18.8 Å². The van der Waals surface area contributed by atoms with Gasteiger partial charge < -0.3 is 10.1 Å². The smallest absolute Gasteiger partial charge is 0.407 e. The molecule has 0 aliphatic heterocycles. The van der Waals surface area contributed by atoms with E-state index in [1.54, 1.807) is 0 Å². The quantitative estimate of drug-likeness (QED) is 0.647. The van der Waals surface area contributed by atoms with Crippen molar-refractivity contribution in [1.29, 1.82) is 0 Å². The fraction of sp³-hybridized carbons (Fsp3) is 0.118. The molecule has 2 aromatic carbocycles. The molecular weight excluding hydrogens is 315 g/mol. The summed E-state index contributed by atoms with van der Waals surface area (Å²) in [6, 6.07) is 12.4. The second kappa shape index (κ2) is 8.42. The molecule has 6 nitrogen and oxygen atoms in total. The maximum absolute atomic E-state index is 13.2. The molecule has 7 heteroatoms. The SMILES string of the molecule is O=C(NCC=Cc1cc(F)ccc1[N+](=O)[O-])OCc1ccccc1. The van der Waals surface area contributed by atoms with Crippen LogP contribution in [0.15, 0.2) is 54.6 Å². The van der Waals surface area contributed by atoms with Gasteiger partial charge in [0.1, 0.15) is 12.4 Å². The number of alkyl carbamates (subject to hydrolysis) is 1. The van der Waals surface area contributed by atoms with E-state index in [0.717, 1.165) is 23.8 Å². The standard InChI is InChI=1S/C17H15FN2O4/c18-15-8-9-16(20(22)23)14(11-15)7-4-10-19-17(21)24-12-13-5-2-1-3-6-13/h1-9,11H,10,12H2,(H,19,21). The summed E-state index contributed by atoms with van der Waals surface area (Å²) in [5.41, 5.74) is 0.775. The van der Waals surface area contributed by atoms with Gasteiger partial charge in [0.05, 0.1) is 10.5 Å². The first-order valence-electron chi connectivity index (χ1n) is 7.11. The van der Waals surface area contributed by atoms with Crippen LogP contribution < -0.4 is 5.32 Å². The molecule has 0 saturated carbocycles. The Kier molecular flexibility index (Phi) is 6.01. The van der Waals surface area contributed by atoms with Crippen molar-refractivity contribution in [3.05, 3.63) is 81.7 Å². The van der Waals surface area contributed by atoms with Gasteiger partial charge in [-0.1, -0.05) is 42.5 Å². The molecule has 0 saturated heterocycles. The third-order valence-electron chi connectivity index (χ3n) is 3.06. The van der Waals surface area contributed by atoms with Gasteiger partial charge in [0, 0.05) is 12.6 Å². The highest BCUT2D eigenvalue weighted by molar-refractivity contribution is 5.68. The second-order valence-electron chi connectivity index (χ2n) is 4.81.